The number of nitrogens with zero attached hydrogens (tertiary/aromatic N) is 1. The summed E-state index contributed by atoms with van der Waals surface area (Å²) < 4.78 is 27.5. The highest BCUT2D eigenvalue weighted by atomic mass is 32.2. The van der Waals surface area contributed by atoms with E-state index >= 15 is 0 Å². The molecule has 0 saturated carbocycles. The summed E-state index contributed by atoms with van der Waals surface area (Å²) in [6.45, 7) is 3.44. The molecular formula is C14H22N2O4S. The first-order chi connectivity index (χ1) is 9.74. The number of carbonyl (C=O) groups is 1. The van der Waals surface area contributed by atoms with Crippen molar-refractivity contribution in [3.05, 3.63) is 35.9 Å². The lowest BCUT2D eigenvalue weighted by Crippen LogP contribution is -2.49. The van der Waals surface area contributed by atoms with Gasteiger partial charge in [0.05, 0.1) is 0 Å². The smallest absolute Gasteiger partial charge is 0.321 e. The second-order valence-electron chi connectivity index (χ2n) is 5.15. The van der Waals surface area contributed by atoms with Gasteiger partial charge >= 0.3 is 5.97 Å². The predicted octanol–water partition coefficient (Wildman–Crippen LogP) is 1.25. The fraction of sp³-hybridized carbons (Fsp3) is 0.500. The number of rotatable bonds is 8. The van der Waals surface area contributed by atoms with Crippen LogP contribution in [-0.4, -0.2) is 42.9 Å². The Kier molecular flexibility index (Phi) is 6.32. The number of nitrogens with one attached hydrogen (secondary N) is 1. The molecular weight excluding hydrogens is 292 g/mol. The van der Waals surface area contributed by atoms with Gasteiger partial charge in [-0.1, -0.05) is 30.3 Å². The third-order valence-corrected chi connectivity index (χ3v) is 5.02. The average molecular weight is 314 g/mol. The van der Waals surface area contributed by atoms with E-state index in [2.05, 4.69) is 4.72 Å². The minimum absolute atomic E-state index is 0.199. The zero-order chi connectivity index (χ0) is 16.0. The third-order valence-electron chi connectivity index (χ3n) is 3.26. The Labute approximate surface area is 126 Å². The van der Waals surface area contributed by atoms with Crippen LogP contribution in [0.4, 0.5) is 0 Å². The molecule has 0 saturated heterocycles. The minimum atomic E-state index is -3.81. The van der Waals surface area contributed by atoms with Crippen LogP contribution in [-0.2, 0) is 21.4 Å². The molecule has 0 bridgehead atoms. The molecule has 0 aromatic heterocycles. The first-order valence-electron chi connectivity index (χ1n) is 6.76. The van der Waals surface area contributed by atoms with E-state index in [0.29, 0.717) is 6.42 Å². The van der Waals surface area contributed by atoms with Crippen molar-refractivity contribution in [1.29, 1.82) is 0 Å². The van der Waals surface area contributed by atoms with E-state index < -0.39 is 22.2 Å². The van der Waals surface area contributed by atoms with Gasteiger partial charge in [0.15, 0.2) is 0 Å². The van der Waals surface area contributed by atoms with Crippen LogP contribution in [0.15, 0.2) is 30.3 Å². The molecule has 0 amide bonds. The van der Waals surface area contributed by atoms with E-state index in [1.54, 1.807) is 13.8 Å². The van der Waals surface area contributed by atoms with Crippen LogP contribution in [0.1, 0.15) is 25.8 Å². The van der Waals surface area contributed by atoms with Crippen molar-refractivity contribution in [1.82, 2.24) is 9.03 Å². The predicted molar refractivity (Wildman–Crippen MR) is 81.1 cm³/mol. The van der Waals surface area contributed by atoms with Crippen molar-refractivity contribution in [2.45, 2.75) is 38.8 Å². The third kappa shape index (κ3) is 5.45. The van der Waals surface area contributed by atoms with E-state index in [-0.39, 0.29) is 12.5 Å². The van der Waals surface area contributed by atoms with E-state index in [1.165, 1.54) is 7.05 Å². The van der Waals surface area contributed by atoms with Crippen molar-refractivity contribution in [3.63, 3.8) is 0 Å². The molecule has 0 spiro atoms. The largest absolute Gasteiger partial charge is 0.480 e. The molecule has 0 heterocycles. The normalized spacial score (nSPS) is 13.6. The summed E-state index contributed by atoms with van der Waals surface area (Å²) in [6, 6.07) is 7.98. The zero-order valence-corrected chi connectivity index (χ0v) is 13.3. The van der Waals surface area contributed by atoms with Crippen LogP contribution >= 0.6 is 0 Å². The summed E-state index contributed by atoms with van der Waals surface area (Å²) in [7, 11) is -2.39. The molecule has 118 valence electrons. The summed E-state index contributed by atoms with van der Waals surface area (Å²) in [6.07, 6.45) is 0.691. The Balaban J connectivity index is 2.73. The van der Waals surface area contributed by atoms with Gasteiger partial charge in [-0.15, -0.1) is 0 Å². The molecule has 0 fully saturated rings. The number of aliphatic carboxylic acids is 1. The van der Waals surface area contributed by atoms with Gasteiger partial charge in [0.1, 0.15) is 6.04 Å². The van der Waals surface area contributed by atoms with Crippen molar-refractivity contribution in [3.8, 4) is 0 Å². The van der Waals surface area contributed by atoms with Crippen molar-refractivity contribution in [2.75, 3.05) is 7.05 Å². The topological polar surface area (TPSA) is 86.7 Å². The SMILES string of the molecule is CC(C)N(C)S(=O)(=O)N[C@@H](CCc1ccccc1)C(=O)O. The summed E-state index contributed by atoms with van der Waals surface area (Å²) >= 11 is 0. The van der Waals surface area contributed by atoms with Crippen molar-refractivity contribution >= 4 is 16.2 Å². The van der Waals surface area contributed by atoms with Gasteiger partial charge in [-0.25, -0.2) is 0 Å². The number of hydrogen-bond acceptors (Lipinski definition) is 3. The first-order valence-corrected chi connectivity index (χ1v) is 8.20. The highest BCUT2D eigenvalue weighted by molar-refractivity contribution is 7.87. The van der Waals surface area contributed by atoms with E-state index in [4.69, 9.17) is 0 Å². The van der Waals surface area contributed by atoms with Crippen LogP contribution in [0.5, 0.6) is 0 Å². The number of carboxylic acids is 1. The Hall–Kier alpha value is -1.44. The molecule has 0 radical (unpaired) electrons. The zero-order valence-electron chi connectivity index (χ0n) is 12.5. The molecule has 1 atom stereocenters. The highest BCUT2D eigenvalue weighted by Crippen LogP contribution is 2.08. The van der Waals surface area contributed by atoms with Crippen molar-refractivity contribution in [2.24, 2.45) is 0 Å². The van der Waals surface area contributed by atoms with Gasteiger partial charge in [-0.2, -0.15) is 17.4 Å². The molecule has 7 heteroatoms. The van der Waals surface area contributed by atoms with Gasteiger partial charge in [-0.05, 0) is 32.3 Å². The highest BCUT2D eigenvalue weighted by Gasteiger charge is 2.27. The lowest BCUT2D eigenvalue weighted by atomic mass is 10.1. The number of aryl methyl sites for hydroxylation is 1. The van der Waals surface area contributed by atoms with Crippen LogP contribution in [0.3, 0.4) is 0 Å². The molecule has 1 rings (SSSR count). The minimum Gasteiger partial charge on any atom is -0.480 e. The fourth-order valence-corrected chi connectivity index (χ4v) is 3.03. The Morgan fingerprint density at radius 2 is 1.86 bits per heavy atom. The summed E-state index contributed by atoms with van der Waals surface area (Å²) in [4.78, 5) is 11.2. The van der Waals surface area contributed by atoms with E-state index in [1.807, 2.05) is 30.3 Å². The molecule has 2 N–H and O–H groups in total. The van der Waals surface area contributed by atoms with Crippen LogP contribution < -0.4 is 4.72 Å². The lowest BCUT2D eigenvalue weighted by molar-refractivity contribution is -0.139. The summed E-state index contributed by atoms with van der Waals surface area (Å²) in [5.41, 5.74) is 0.972. The van der Waals surface area contributed by atoms with E-state index in [9.17, 15) is 18.3 Å². The first kappa shape index (κ1) is 17.6. The molecule has 0 unspecified atom stereocenters. The maximum atomic E-state index is 12.0. The number of hydrogen-bond donors (Lipinski definition) is 2. The van der Waals surface area contributed by atoms with E-state index in [0.717, 1.165) is 9.87 Å². The quantitative estimate of drug-likeness (QED) is 0.756. The van der Waals surface area contributed by atoms with Crippen LogP contribution in [0, 0.1) is 0 Å². The van der Waals surface area contributed by atoms with Gasteiger partial charge in [0, 0.05) is 13.1 Å². The Morgan fingerprint density at radius 1 is 1.29 bits per heavy atom. The fourth-order valence-electron chi connectivity index (χ4n) is 1.73. The number of carboxylic acid groups (broad SMARTS) is 1. The van der Waals surface area contributed by atoms with Crippen molar-refractivity contribution < 1.29 is 18.3 Å². The van der Waals surface area contributed by atoms with Gasteiger partial charge in [0.2, 0.25) is 0 Å². The van der Waals surface area contributed by atoms with Crippen LogP contribution in [0.25, 0.3) is 0 Å². The molecule has 21 heavy (non-hydrogen) atoms. The van der Waals surface area contributed by atoms with Crippen LogP contribution in [0.2, 0.25) is 0 Å². The monoisotopic (exact) mass is 314 g/mol. The molecule has 1 aromatic rings. The van der Waals surface area contributed by atoms with Gasteiger partial charge in [-0.3, -0.25) is 4.79 Å². The Bertz CT molecular complexity index is 558. The van der Waals surface area contributed by atoms with Gasteiger partial charge in [0.25, 0.3) is 10.2 Å². The summed E-state index contributed by atoms with van der Waals surface area (Å²) in [5, 5.41) is 9.19. The molecule has 6 nitrogen and oxygen atoms in total. The molecule has 0 aliphatic carbocycles. The Morgan fingerprint density at radius 3 is 2.33 bits per heavy atom. The molecule has 0 aliphatic heterocycles. The van der Waals surface area contributed by atoms with Gasteiger partial charge < -0.3 is 5.11 Å². The molecule has 0 aliphatic rings. The summed E-state index contributed by atoms with van der Waals surface area (Å²) in [5.74, 6) is -1.17. The lowest BCUT2D eigenvalue weighted by Gasteiger charge is -2.23. The average Bonchev–Trinajstić information content (AvgIpc) is 2.43. The maximum absolute atomic E-state index is 12.0. The maximum Gasteiger partial charge on any atom is 0.321 e. The number of benzene rings is 1. The standard InChI is InChI=1S/C14H22N2O4S/c1-11(2)16(3)21(19,20)15-13(14(17)18)10-9-12-7-5-4-6-8-12/h4-8,11,13,15H,9-10H2,1-3H3,(H,17,18)/t13-/m0/s1. The second kappa shape index (κ2) is 7.53. The molecule has 1 aromatic carbocycles. The second-order valence-corrected chi connectivity index (χ2v) is 6.91.